The van der Waals surface area contributed by atoms with Gasteiger partial charge in [0.25, 0.3) is 0 Å². The summed E-state index contributed by atoms with van der Waals surface area (Å²) in [6.07, 6.45) is -1.05. The molecule has 5 nitrogen and oxygen atoms in total. The summed E-state index contributed by atoms with van der Waals surface area (Å²) in [5.41, 5.74) is 0.954. The molecule has 1 aliphatic heterocycles. The summed E-state index contributed by atoms with van der Waals surface area (Å²) in [6, 6.07) is 6.36. The number of nitrogens with one attached hydrogen (secondary N) is 1. The van der Waals surface area contributed by atoms with Crippen LogP contribution in [0.4, 0.5) is 0 Å². The average Bonchev–Trinajstić information content (AvgIpc) is 2.57. The molecule has 0 radical (unpaired) electrons. The summed E-state index contributed by atoms with van der Waals surface area (Å²) in [4.78, 5) is 11.4. The first-order valence-corrected chi connectivity index (χ1v) is 8.23. The average molecular weight is 411 g/mol. The topological polar surface area (TPSA) is 72.5 Å². The number of aryl methyl sites for hydroxylation is 1. The van der Waals surface area contributed by atoms with Crippen LogP contribution < -0.4 is 4.72 Å². The molecule has 1 heterocycles. The number of hydrogen-bond acceptors (Lipinski definition) is 4. The zero-order valence-corrected chi connectivity index (χ0v) is 13.7. The van der Waals surface area contributed by atoms with Crippen molar-refractivity contribution < 1.29 is 17.9 Å². The van der Waals surface area contributed by atoms with E-state index in [9.17, 15) is 13.2 Å². The lowest BCUT2D eigenvalue weighted by atomic mass is 10.2. The summed E-state index contributed by atoms with van der Waals surface area (Å²) in [6.45, 7) is 1.86. The zero-order valence-electron chi connectivity index (χ0n) is 9.68. The van der Waals surface area contributed by atoms with Crippen LogP contribution in [-0.2, 0) is 19.6 Å². The molecule has 1 aromatic carbocycles. The van der Waals surface area contributed by atoms with E-state index in [1.165, 1.54) is 12.1 Å². The number of halogens is 2. The third kappa shape index (κ3) is 3.07. The van der Waals surface area contributed by atoms with Gasteiger partial charge in [-0.1, -0.05) is 17.7 Å². The number of hydrogen-bond donors (Lipinski definition) is 1. The van der Waals surface area contributed by atoms with E-state index in [2.05, 4.69) is 36.6 Å². The Morgan fingerprint density at radius 1 is 1.21 bits per heavy atom. The second-order valence-electron chi connectivity index (χ2n) is 3.88. The molecule has 102 valence electrons. The fraction of sp³-hybridized carbons (Fsp3) is 0.182. The standard InChI is InChI=1S/C11H9Br2NO4S/c1-6-2-4-7(5-3-6)19(16,17)14-10-8(12)9(13)11(15)18-10/h2-5,10,14H,1H3. The van der Waals surface area contributed by atoms with E-state index < -0.39 is 22.2 Å². The van der Waals surface area contributed by atoms with Gasteiger partial charge < -0.3 is 4.74 Å². The minimum absolute atomic E-state index is 0.109. The predicted octanol–water partition coefficient (Wildman–Crippen LogP) is 2.16. The van der Waals surface area contributed by atoms with Gasteiger partial charge in [0.2, 0.25) is 16.3 Å². The van der Waals surface area contributed by atoms with Crippen molar-refractivity contribution in [3.05, 3.63) is 38.8 Å². The van der Waals surface area contributed by atoms with Gasteiger partial charge in [-0.15, -0.1) is 0 Å². The SMILES string of the molecule is Cc1ccc(S(=O)(=O)NC2OC(=O)C(Br)=C2Br)cc1. The summed E-state index contributed by atoms with van der Waals surface area (Å²) in [5.74, 6) is -0.622. The minimum Gasteiger partial charge on any atom is -0.437 e. The Kier molecular flexibility index (Phi) is 4.14. The van der Waals surface area contributed by atoms with E-state index in [0.717, 1.165) is 5.56 Å². The second-order valence-corrected chi connectivity index (χ2v) is 7.24. The van der Waals surface area contributed by atoms with Gasteiger partial charge in [-0.05, 0) is 50.9 Å². The van der Waals surface area contributed by atoms with Crippen molar-refractivity contribution in [1.82, 2.24) is 4.72 Å². The Morgan fingerprint density at radius 3 is 2.26 bits per heavy atom. The van der Waals surface area contributed by atoms with Gasteiger partial charge in [-0.3, -0.25) is 0 Å². The van der Waals surface area contributed by atoms with Crippen LogP contribution in [0.2, 0.25) is 0 Å². The molecule has 0 saturated heterocycles. The van der Waals surface area contributed by atoms with Crippen LogP contribution in [0.1, 0.15) is 5.56 Å². The fourth-order valence-electron chi connectivity index (χ4n) is 1.43. The molecule has 0 aromatic heterocycles. The van der Waals surface area contributed by atoms with E-state index in [1.54, 1.807) is 12.1 Å². The van der Waals surface area contributed by atoms with Gasteiger partial charge in [0.05, 0.1) is 9.38 Å². The molecule has 0 aliphatic carbocycles. The molecule has 0 saturated carbocycles. The minimum atomic E-state index is -3.75. The van der Waals surface area contributed by atoms with Gasteiger partial charge in [0.1, 0.15) is 4.48 Å². The Bertz CT molecular complexity index is 652. The number of ether oxygens (including phenoxy) is 1. The lowest BCUT2D eigenvalue weighted by Crippen LogP contribution is -2.35. The summed E-state index contributed by atoms with van der Waals surface area (Å²) in [5, 5.41) is 0. The number of rotatable bonds is 3. The molecule has 1 atom stereocenters. The number of benzene rings is 1. The highest BCUT2D eigenvalue weighted by molar-refractivity contribution is 9.14. The molecule has 0 bridgehead atoms. The molecule has 0 amide bonds. The molecule has 0 fully saturated rings. The number of esters is 1. The first-order valence-electron chi connectivity index (χ1n) is 5.16. The second kappa shape index (κ2) is 5.35. The van der Waals surface area contributed by atoms with Crippen molar-refractivity contribution >= 4 is 47.9 Å². The highest BCUT2D eigenvalue weighted by Gasteiger charge is 2.34. The Hall–Kier alpha value is -0.700. The van der Waals surface area contributed by atoms with E-state index in [4.69, 9.17) is 4.74 Å². The molecule has 1 aliphatic rings. The summed E-state index contributed by atoms with van der Waals surface area (Å²) >= 11 is 6.11. The molecular formula is C11H9Br2NO4S. The third-order valence-corrected chi connectivity index (χ3v) is 5.95. The van der Waals surface area contributed by atoms with Crippen LogP contribution in [0, 0.1) is 6.92 Å². The van der Waals surface area contributed by atoms with E-state index >= 15 is 0 Å². The van der Waals surface area contributed by atoms with E-state index in [-0.39, 0.29) is 9.38 Å². The molecule has 1 N–H and O–H groups in total. The zero-order chi connectivity index (χ0) is 14.2. The molecule has 0 spiro atoms. The van der Waals surface area contributed by atoms with Crippen molar-refractivity contribution in [2.75, 3.05) is 0 Å². The number of carbonyl (C=O) groups is 1. The van der Waals surface area contributed by atoms with Crippen molar-refractivity contribution in [2.24, 2.45) is 0 Å². The smallest absolute Gasteiger partial charge is 0.348 e. The first-order chi connectivity index (χ1) is 8.81. The normalized spacial score (nSPS) is 19.7. The maximum atomic E-state index is 12.1. The number of carbonyl (C=O) groups excluding carboxylic acids is 1. The van der Waals surface area contributed by atoms with E-state index in [0.29, 0.717) is 4.48 Å². The molecule has 1 aromatic rings. The van der Waals surface area contributed by atoms with Crippen molar-refractivity contribution in [2.45, 2.75) is 18.0 Å². The first kappa shape index (κ1) is 14.7. The quantitative estimate of drug-likeness (QED) is 0.775. The number of sulfonamides is 1. The van der Waals surface area contributed by atoms with Gasteiger partial charge in [-0.2, -0.15) is 4.72 Å². The van der Waals surface area contributed by atoms with Crippen molar-refractivity contribution in [3.8, 4) is 0 Å². The van der Waals surface area contributed by atoms with Crippen molar-refractivity contribution in [1.29, 1.82) is 0 Å². The Balaban J connectivity index is 2.24. The van der Waals surface area contributed by atoms with Crippen LogP contribution >= 0.6 is 31.9 Å². The maximum absolute atomic E-state index is 12.1. The summed E-state index contributed by atoms with van der Waals surface area (Å²) < 4.78 is 31.8. The summed E-state index contributed by atoms with van der Waals surface area (Å²) in [7, 11) is -3.75. The number of cyclic esters (lactones) is 1. The van der Waals surface area contributed by atoms with Crippen LogP contribution in [0.15, 0.2) is 38.1 Å². The molecular weight excluding hydrogens is 402 g/mol. The van der Waals surface area contributed by atoms with Crippen LogP contribution in [0.5, 0.6) is 0 Å². The Labute approximate surface area is 127 Å². The highest BCUT2D eigenvalue weighted by Crippen LogP contribution is 2.31. The maximum Gasteiger partial charge on any atom is 0.348 e. The van der Waals surface area contributed by atoms with E-state index in [1.807, 2.05) is 6.92 Å². The van der Waals surface area contributed by atoms with Gasteiger partial charge in [0, 0.05) is 0 Å². The van der Waals surface area contributed by atoms with Crippen LogP contribution in [0.25, 0.3) is 0 Å². The Morgan fingerprint density at radius 2 is 1.79 bits per heavy atom. The molecule has 8 heteroatoms. The fourth-order valence-corrected chi connectivity index (χ4v) is 3.33. The lowest BCUT2D eigenvalue weighted by molar-refractivity contribution is -0.139. The molecule has 1 unspecified atom stereocenters. The third-order valence-electron chi connectivity index (χ3n) is 2.44. The van der Waals surface area contributed by atoms with Crippen LogP contribution in [-0.4, -0.2) is 20.6 Å². The highest BCUT2D eigenvalue weighted by atomic mass is 79.9. The molecule has 2 rings (SSSR count). The van der Waals surface area contributed by atoms with Gasteiger partial charge in [0.15, 0.2) is 0 Å². The van der Waals surface area contributed by atoms with Gasteiger partial charge in [-0.25, -0.2) is 13.2 Å². The van der Waals surface area contributed by atoms with Crippen molar-refractivity contribution in [3.63, 3.8) is 0 Å². The molecule has 19 heavy (non-hydrogen) atoms. The largest absolute Gasteiger partial charge is 0.437 e. The van der Waals surface area contributed by atoms with Gasteiger partial charge >= 0.3 is 5.97 Å². The lowest BCUT2D eigenvalue weighted by Gasteiger charge is -2.13. The van der Waals surface area contributed by atoms with Crippen LogP contribution in [0.3, 0.4) is 0 Å². The monoisotopic (exact) mass is 409 g/mol. The predicted molar refractivity (Wildman–Crippen MR) is 76.3 cm³/mol.